The second kappa shape index (κ2) is 14.4. The molecule has 0 aromatic heterocycles. The molecule has 4 nitrogen and oxygen atoms in total. The summed E-state index contributed by atoms with van der Waals surface area (Å²) in [6, 6.07) is 17.0. The molecule has 2 aromatic rings. The molecule has 3 rings (SSSR count). The smallest absolute Gasteiger partial charge is 0.122 e. The van der Waals surface area contributed by atoms with Gasteiger partial charge in [0.1, 0.15) is 11.5 Å². The molecule has 188 valence electrons. The van der Waals surface area contributed by atoms with Gasteiger partial charge in [0.2, 0.25) is 0 Å². The summed E-state index contributed by atoms with van der Waals surface area (Å²) in [5.41, 5.74) is 2.66. The fourth-order valence-electron chi connectivity index (χ4n) is 5.02. The van der Waals surface area contributed by atoms with Crippen LogP contribution in [0.4, 0.5) is 0 Å². The Kier molecular flexibility index (Phi) is 11.2. The van der Waals surface area contributed by atoms with Crippen molar-refractivity contribution >= 4 is 0 Å². The molecule has 2 aromatic carbocycles. The van der Waals surface area contributed by atoms with Crippen molar-refractivity contribution in [3.8, 4) is 11.5 Å². The maximum Gasteiger partial charge on any atom is 0.122 e. The van der Waals surface area contributed by atoms with Gasteiger partial charge >= 0.3 is 0 Å². The first kappa shape index (κ1) is 26.6. The quantitative estimate of drug-likeness (QED) is 0.293. The first-order chi connectivity index (χ1) is 16.6. The highest BCUT2D eigenvalue weighted by molar-refractivity contribution is 5.39. The third-order valence-electron chi connectivity index (χ3n) is 7.27. The average molecular weight is 469 g/mol. The van der Waals surface area contributed by atoms with Crippen LogP contribution in [0.1, 0.15) is 101 Å². The molecule has 0 spiro atoms. The van der Waals surface area contributed by atoms with Crippen LogP contribution in [0, 0.1) is 0 Å². The van der Waals surface area contributed by atoms with E-state index in [0.29, 0.717) is 25.0 Å². The van der Waals surface area contributed by atoms with E-state index in [1.165, 1.54) is 11.1 Å². The zero-order chi connectivity index (χ0) is 24.2. The Morgan fingerprint density at radius 1 is 0.676 bits per heavy atom. The van der Waals surface area contributed by atoms with E-state index >= 15 is 0 Å². The standard InChI is InChI=1S/C30H44O4/c1-3-25(31)11-9-21-33-29-15-7-5-13-27(29)23-17-19-24(20-18-23)28-14-6-8-16-30(28)34-22-10-12-26(32)4-2/h5-8,13-16,23-26,31-32H,3-4,9-12,17-22H2,1-2H3. The molecule has 1 saturated carbocycles. The molecule has 2 N–H and O–H groups in total. The van der Waals surface area contributed by atoms with Gasteiger partial charge in [0.15, 0.2) is 0 Å². The second-order valence-corrected chi connectivity index (χ2v) is 9.73. The van der Waals surface area contributed by atoms with E-state index < -0.39 is 0 Å². The Morgan fingerprint density at radius 3 is 1.44 bits per heavy atom. The molecule has 2 atom stereocenters. The van der Waals surface area contributed by atoms with Crippen molar-refractivity contribution in [3.63, 3.8) is 0 Å². The molecule has 0 radical (unpaired) electrons. The Bertz CT molecular complexity index is 759. The maximum absolute atomic E-state index is 9.77. The number of hydrogen-bond donors (Lipinski definition) is 2. The van der Waals surface area contributed by atoms with Gasteiger partial charge in [-0.25, -0.2) is 0 Å². The summed E-state index contributed by atoms with van der Waals surface area (Å²) in [4.78, 5) is 0. The van der Waals surface area contributed by atoms with Crippen LogP contribution in [-0.2, 0) is 0 Å². The van der Waals surface area contributed by atoms with Crippen molar-refractivity contribution < 1.29 is 19.7 Å². The van der Waals surface area contributed by atoms with Crippen LogP contribution in [0.15, 0.2) is 48.5 Å². The van der Waals surface area contributed by atoms with E-state index in [1.54, 1.807) is 0 Å². The van der Waals surface area contributed by atoms with Crippen molar-refractivity contribution in [3.05, 3.63) is 59.7 Å². The lowest BCUT2D eigenvalue weighted by atomic mass is 9.76. The number of aliphatic hydroxyl groups excluding tert-OH is 2. The first-order valence-corrected chi connectivity index (χ1v) is 13.4. The predicted octanol–water partition coefficient (Wildman–Crippen LogP) is 6.99. The third-order valence-corrected chi connectivity index (χ3v) is 7.27. The van der Waals surface area contributed by atoms with Crippen LogP contribution in [0.25, 0.3) is 0 Å². The number of benzene rings is 2. The fraction of sp³-hybridized carbons (Fsp3) is 0.600. The molecule has 0 bridgehead atoms. The summed E-state index contributed by atoms with van der Waals surface area (Å²) >= 11 is 0. The summed E-state index contributed by atoms with van der Waals surface area (Å²) in [7, 11) is 0. The largest absolute Gasteiger partial charge is 0.493 e. The van der Waals surface area contributed by atoms with Crippen molar-refractivity contribution in [1.82, 2.24) is 0 Å². The minimum atomic E-state index is -0.219. The highest BCUT2D eigenvalue weighted by atomic mass is 16.5. The minimum Gasteiger partial charge on any atom is -0.493 e. The predicted molar refractivity (Wildman–Crippen MR) is 139 cm³/mol. The molecule has 1 fully saturated rings. The monoisotopic (exact) mass is 468 g/mol. The summed E-state index contributed by atoms with van der Waals surface area (Å²) in [5, 5.41) is 19.5. The van der Waals surface area contributed by atoms with Gasteiger partial charge in [-0.2, -0.15) is 0 Å². The fourth-order valence-corrected chi connectivity index (χ4v) is 5.02. The molecule has 0 saturated heterocycles. The van der Waals surface area contributed by atoms with E-state index in [1.807, 2.05) is 13.8 Å². The van der Waals surface area contributed by atoms with E-state index in [-0.39, 0.29) is 12.2 Å². The molecule has 4 heteroatoms. The summed E-state index contributed by atoms with van der Waals surface area (Å²) in [6.07, 6.45) is 9.11. The van der Waals surface area contributed by atoms with Gasteiger partial charge in [-0.3, -0.25) is 0 Å². The highest BCUT2D eigenvalue weighted by Crippen LogP contribution is 2.44. The highest BCUT2D eigenvalue weighted by Gasteiger charge is 2.27. The number of aliphatic hydroxyl groups is 2. The number of ether oxygens (including phenoxy) is 2. The average Bonchev–Trinajstić information content (AvgIpc) is 2.89. The van der Waals surface area contributed by atoms with E-state index in [4.69, 9.17) is 9.47 Å². The Hall–Kier alpha value is -2.04. The lowest BCUT2D eigenvalue weighted by Crippen LogP contribution is -2.15. The van der Waals surface area contributed by atoms with Gasteiger partial charge in [-0.15, -0.1) is 0 Å². The van der Waals surface area contributed by atoms with Crippen molar-refractivity contribution in [2.45, 2.75) is 102 Å². The van der Waals surface area contributed by atoms with Crippen LogP contribution < -0.4 is 9.47 Å². The molecule has 1 aliphatic carbocycles. The molecule has 0 aliphatic heterocycles. The lowest BCUT2D eigenvalue weighted by Gasteiger charge is -2.31. The van der Waals surface area contributed by atoms with Gasteiger partial charge in [0.25, 0.3) is 0 Å². The molecule has 34 heavy (non-hydrogen) atoms. The van der Waals surface area contributed by atoms with Crippen LogP contribution in [0.5, 0.6) is 11.5 Å². The van der Waals surface area contributed by atoms with Crippen LogP contribution >= 0.6 is 0 Å². The van der Waals surface area contributed by atoms with E-state index in [9.17, 15) is 10.2 Å². The van der Waals surface area contributed by atoms with E-state index in [0.717, 1.165) is 75.7 Å². The lowest BCUT2D eigenvalue weighted by molar-refractivity contribution is 0.148. The molecule has 0 heterocycles. The van der Waals surface area contributed by atoms with Crippen LogP contribution in [0.2, 0.25) is 0 Å². The zero-order valence-corrected chi connectivity index (χ0v) is 21.1. The molecule has 2 unspecified atom stereocenters. The summed E-state index contributed by atoms with van der Waals surface area (Å²) in [5.74, 6) is 3.07. The van der Waals surface area contributed by atoms with E-state index in [2.05, 4.69) is 48.5 Å². The number of para-hydroxylation sites is 2. The summed E-state index contributed by atoms with van der Waals surface area (Å²) in [6.45, 7) is 5.34. The van der Waals surface area contributed by atoms with Gasteiger partial charge in [0, 0.05) is 0 Å². The normalized spacial score (nSPS) is 20.0. The number of hydrogen-bond acceptors (Lipinski definition) is 4. The molecule has 0 amide bonds. The molecule has 1 aliphatic rings. The van der Waals surface area contributed by atoms with Gasteiger partial charge in [-0.1, -0.05) is 50.2 Å². The first-order valence-electron chi connectivity index (χ1n) is 13.4. The van der Waals surface area contributed by atoms with Crippen molar-refractivity contribution in [2.75, 3.05) is 13.2 Å². The zero-order valence-electron chi connectivity index (χ0n) is 21.1. The van der Waals surface area contributed by atoms with Crippen molar-refractivity contribution in [2.24, 2.45) is 0 Å². The Morgan fingerprint density at radius 2 is 1.06 bits per heavy atom. The van der Waals surface area contributed by atoms with Crippen molar-refractivity contribution in [1.29, 1.82) is 0 Å². The minimum absolute atomic E-state index is 0.219. The maximum atomic E-state index is 9.77. The Labute approximate surface area is 206 Å². The Balaban J connectivity index is 1.53. The third kappa shape index (κ3) is 8.02. The van der Waals surface area contributed by atoms with Gasteiger partial charge < -0.3 is 19.7 Å². The van der Waals surface area contributed by atoms with Gasteiger partial charge in [0.05, 0.1) is 25.4 Å². The topological polar surface area (TPSA) is 58.9 Å². The summed E-state index contributed by atoms with van der Waals surface area (Å²) < 4.78 is 12.3. The van der Waals surface area contributed by atoms with Crippen LogP contribution in [-0.4, -0.2) is 35.6 Å². The van der Waals surface area contributed by atoms with Crippen LogP contribution in [0.3, 0.4) is 0 Å². The second-order valence-electron chi connectivity index (χ2n) is 9.73. The molecular weight excluding hydrogens is 424 g/mol. The SMILES string of the molecule is CCC(O)CCCOc1ccccc1C1CCC(c2ccccc2OCCCC(O)CC)CC1. The van der Waals surface area contributed by atoms with Gasteiger partial charge in [-0.05, 0) is 99.3 Å². The number of rotatable bonds is 14. The molecular formula is C30H44O4.